The zero-order valence-corrected chi connectivity index (χ0v) is 12.8. The predicted molar refractivity (Wildman–Crippen MR) is 81.4 cm³/mol. The van der Waals surface area contributed by atoms with E-state index < -0.39 is 5.54 Å². The van der Waals surface area contributed by atoms with E-state index in [1.807, 2.05) is 58.0 Å². The Kier molecular flexibility index (Phi) is 6.17. The van der Waals surface area contributed by atoms with Crippen molar-refractivity contribution >= 4 is 5.91 Å². The Bertz CT molecular complexity index is 422. The Hall–Kier alpha value is -1.39. The van der Waals surface area contributed by atoms with Crippen LogP contribution in [0.5, 0.6) is 0 Å². The first-order chi connectivity index (χ1) is 9.42. The van der Waals surface area contributed by atoms with E-state index >= 15 is 0 Å². The van der Waals surface area contributed by atoms with Crippen molar-refractivity contribution in [1.29, 1.82) is 0 Å². The Balaban J connectivity index is 2.75. The maximum atomic E-state index is 12.1. The van der Waals surface area contributed by atoms with Crippen LogP contribution in [0.15, 0.2) is 30.3 Å². The molecule has 4 heteroatoms. The van der Waals surface area contributed by atoms with Gasteiger partial charge in [0.2, 0.25) is 5.91 Å². The van der Waals surface area contributed by atoms with Crippen LogP contribution in [-0.2, 0) is 10.3 Å². The molecule has 0 aliphatic carbocycles. The molecule has 0 saturated heterocycles. The fourth-order valence-corrected chi connectivity index (χ4v) is 2.04. The Labute approximate surface area is 121 Å². The fraction of sp³-hybridized carbons (Fsp3) is 0.562. The molecule has 3 atom stereocenters. The molecule has 0 saturated carbocycles. The van der Waals surface area contributed by atoms with Crippen molar-refractivity contribution in [3.8, 4) is 0 Å². The molecule has 0 fully saturated rings. The molecule has 1 amide bonds. The lowest BCUT2D eigenvalue weighted by atomic mass is 9.92. The van der Waals surface area contributed by atoms with Gasteiger partial charge in [-0.15, -0.1) is 0 Å². The second-order valence-corrected chi connectivity index (χ2v) is 5.54. The molecule has 3 N–H and O–H groups in total. The summed E-state index contributed by atoms with van der Waals surface area (Å²) >= 11 is 0. The van der Waals surface area contributed by atoms with Crippen LogP contribution in [0.25, 0.3) is 0 Å². The van der Waals surface area contributed by atoms with Crippen LogP contribution in [0.1, 0.15) is 39.7 Å². The van der Waals surface area contributed by atoms with Gasteiger partial charge in [-0.3, -0.25) is 10.1 Å². The van der Waals surface area contributed by atoms with Crippen molar-refractivity contribution in [3.63, 3.8) is 0 Å². The van der Waals surface area contributed by atoms with Crippen LogP contribution in [0.3, 0.4) is 0 Å². The van der Waals surface area contributed by atoms with Gasteiger partial charge in [0, 0.05) is 6.04 Å². The van der Waals surface area contributed by atoms with E-state index in [-0.39, 0.29) is 24.6 Å². The number of hydrogen-bond acceptors (Lipinski definition) is 3. The lowest BCUT2D eigenvalue weighted by Gasteiger charge is -2.32. The van der Waals surface area contributed by atoms with Crippen LogP contribution < -0.4 is 10.6 Å². The first-order valence-corrected chi connectivity index (χ1v) is 7.17. The smallest absolute Gasteiger partial charge is 0.237 e. The molecule has 0 aliphatic rings. The number of hydrogen-bond donors (Lipinski definition) is 3. The molecule has 20 heavy (non-hydrogen) atoms. The predicted octanol–water partition coefficient (Wildman–Crippen LogP) is 1.79. The Morgan fingerprint density at radius 3 is 2.40 bits per heavy atom. The van der Waals surface area contributed by atoms with Gasteiger partial charge >= 0.3 is 0 Å². The molecular weight excluding hydrogens is 252 g/mol. The molecule has 1 aromatic rings. The average Bonchev–Trinajstić information content (AvgIpc) is 2.47. The average molecular weight is 278 g/mol. The van der Waals surface area contributed by atoms with Crippen molar-refractivity contribution in [2.24, 2.45) is 0 Å². The summed E-state index contributed by atoms with van der Waals surface area (Å²) in [7, 11) is 0. The number of rotatable bonds is 7. The van der Waals surface area contributed by atoms with Crippen LogP contribution in [0, 0.1) is 0 Å². The van der Waals surface area contributed by atoms with Crippen molar-refractivity contribution < 1.29 is 9.90 Å². The topological polar surface area (TPSA) is 61.4 Å². The van der Waals surface area contributed by atoms with E-state index in [2.05, 4.69) is 10.6 Å². The molecule has 0 aromatic heterocycles. The van der Waals surface area contributed by atoms with Crippen molar-refractivity contribution in [3.05, 3.63) is 35.9 Å². The molecule has 0 heterocycles. The molecule has 112 valence electrons. The monoisotopic (exact) mass is 278 g/mol. The molecular formula is C16H26N2O2. The van der Waals surface area contributed by atoms with Crippen LogP contribution in [0.4, 0.5) is 0 Å². The van der Waals surface area contributed by atoms with Crippen molar-refractivity contribution in [1.82, 2.24) is 10.6 Å². The zero-order valence-electron chi connectivity index (χ0n) is 12.8. The highest BCUT2D eigenvalue weighted by molar-refractivity contribution is 5.81. The molecule has 0 spiro atoms. The summed E-state index contributed by atoms with van der Waals surface area (Å²) < 4.78 is 0. The number of carbonyl (C=O) groups excluding carboxylic acids is 1. The summed E-state index contributed by atoms with van der Waals surface area (Å²) in [5.41, 5.74) is 0.332. The third kappa shape index (κ3) is 4.32. The van der Waals surface area contributed by atoms with Crippen LogP contribution in [-0.4, -0.2) is 29.7 Å². The molecule has 1 rings (SSSR count). The van der Waals surface area contributed by atoms with E-state index in [1.54, 1.807) is 0 Å². The van der Waals surface area contributed by atoms with Gasteiger partial charge in [-0.2, -0.15) is 0 Å². The number of nitrogens with one attached hydrogen (secondary N) is 2. The minimum atomic E-state index is -0.631. The Morgan fingerprint density at radius 2 is 1.90 bits per heavy atom. The van der Waals surface area contributed by atoms with Crippen LogP contribution in [0.2, 0.25) is 0 Å². The van der Waals surface area contributed by atoms with Crippen LogP contribution >= 0.6 is 0 Å². The van der Waals surface area contributed by atoms with E-state index in [0.29, 0.717) is 0 Å². The number of aliphatic hydroxyl groups is 1. The van der Waals surface area contributed by atoms with E-state index in [1.165, 1.54) is 0 Å². The lowest BCUT2D eigenvalue weighted by molar-refractivity contribution is -0.124. The van der Waals surface area contributed by atoms with Gasteiger partial charge in [0.05, 0.1) is 18.2 Å². The first kappa shape index (κ1) is 16.7. The maximum absolute atomic E-state index is 12.1. The standard InChI is InChI=1S/C16H26N2O2/c1-5-12(2)17-15(20)13(3)18-16(4,11-19)14-9-7-6-8-10-14/h6-10,12-13,18-19H,5,11H2,1-4H3,(H,17,20). The third-order valence-electron chi connectivity index (χ3n) is 3.66. The molecule has 4 nitrogen and oxygen atoms in total. The molecule has 1 aromatic carbocycles. The molecule has 0 radical (unpaired) electrons. The SMILES string of the molecule is CCC(C)NC(=O)C(C)NC(C)(CO)c1ccccc1. The largest absolute Gasteiger partial charge is 0.394 e. The van der Waals surface area contributed by atoms with Crippen molar-refractivity contribution in [2.75, 3.05) is 6.61 Å². The normalized spacial score (nSPS) is 17.1. The fourth-order valence-electron chi connectivity index (χ4n) is 2.04. The third-order valence-corrected chi connectivity index (χ3v) is 3.66. The van der Waals surface area contributed by atoms with E-state index in [9.17, 15) is 9.90 Å². The summed E-state index contributed by atoms with van der Waals surface area (Å²) in [6.07, 6.45) is 0.897. The van der Waals surface area contributed by atoms with Gasteiger partial charge in [-0.25, -0.2) is 0 Å². The minimum Gasteiger partial charge on any atom is -0.394 e. The second kappa shape index (κ2) is 7.41. The lowest BCUT2D eigenvalue weighted by Crippen LogP contribution is -2.54. The highest BCUT2D eigenvalue weighted by Gasteiger charge is 2.29. The number of benzene rings is 1. The van der Waals surface area contributed by atoms with E-state index in [4.69, 9.17) is 0 Å². The molecule has 0 aliphatic heterocycles. The zero-order chi connectivity index (χ0) is 15.2. The molecule has 0 bridgehead atoms. The summed E-state index contributed by atoms with van der Waals surface area (Å²) in [6.45, 7) is 7.65. The number of aliphatic hydroxyl groups excluding tert-OH is 1. The number of amides is 1. The summed E-state index contributed by atoms with van der Waals surface area (Å²) in [5.74, 6) is -0.0463. The first-order valence-electron chi connectivity index (χ1n) is 7.17. The van der Waals surface area contributed by atoms with Gasteiger partial charge in [-0.1, -0.05) is 37.3 Å². The van der Waals surface area contributed by atoms with Gasteiger partial charge in [0.15, 0.2) is 0 Å². The maximum Gasteiger partial charge on any atom is 0.237 e. The van der Waals surface area contributed by atoms with Gasteiger partial charge in [0.1, 0.15) is 0 Å². The van der Waals surface area contributed by atoms with Gasteiger partial charge < -0.3 is 10.4 Å². The summed E-state index contributed by atoms with van der Waals surface area (Å²) in [6, 6.07) is 9.46. The quantitative estimate of drug-likeness (QED) is 0.712. The highest BCUT2D eigenvalue weighted by Crippen LogP contribution is 2.20. The Morgan fingerprint density at radius 1 is 1.30 bits per heavy atom. The highest BCUT2D eigenvalue weighted by atomic mass is 16.3. The van der Waals surface area contributed by atoms with Crippen molar-refractivity contribution in [2.45, 2.75) is 51.7 Å². The number of carbonyl (C=O) groups is 1. The minimum absolute atomic E-state index is 0.0463. The summed E-state index contributed by atoms with van der Waals surface area (Å²) in [5, 5.41) is 15.9. The molecule has 3 unspecified atom stereocenters. The summed E-state index contributed by atoms with van der Waals surface area (Å²) in [4.78, 5) is 12.1. The van der Waals surface area contributed by atoms with E-state index in [0.717, 1.165) is 12.0 Å². The van der Waals surface area contributed by atoms with Gasteiger partial charge in [0.25, 0.3) is 0 Å². The second-order valence-electron chi connectivity index (χ2n) is 5.54. The van der Waals surface area contributed by atoms with Gasteiger partial charge in [-0.05, 0) is 32.8 Å².